The minimum absolute atomic E-state index is 0.0518. The number of hydrogen-bond donors (Lipinski definition) is 1. The number of hydrogen-bond acceptors (Lipinski definition) is 1. The summed E-state index contributed by atoms with van der Waals surface area (Å²) in [4.78, 5) is 0. The molecule has 0 bridgehead atoms. The zero-order valence-corrected chi connectivity index (χ0v) is 9.17. The topological polar surface area (TPSA) is 26.0 Å². The number of rotatable bonds is 4. The normalized spacial score (nSPS) is 29.1. The lowest BCUT2D eigenvalue weighted by Gasteiger charge is -2.11. The van der Waals surface area contributed by atoms with Crippen LogP contribution in [0.15, 0.2) is 24.3 Å². The second-order valence-electron chi connectivity index (χ2n) is 4.73. The molecule has 0 aromatic heterocycles. The average molecular weight is 207 g/mol. The van der Waals surface area contributed by atoms with E-state index in [2.05, 4.69) is 6.92 Å². The maximum absolute atomic E-state index is 13.0. The van der Waals surface area contributed by atoms with Crippen molar-refractivity contribution in [1.82, 2.24) is 0 Å². The van der Waals surface area contributed by atoms with Crippen LogP contribution in [0.4, 0.5) is 4.39 Å². The Bertz CT molecular complexity index is 350. The molecule has 1 saturated carbocycles. The lowest BCUT2D eigenvalue weighted by atomic mass is 10.0. The minimum Gasteiger partial charge on any atom is -0.325 e. The van der Waals surface area contributed by atoms with Crippen molar-refractivity contribution in [1.29, 1.82) is 0 Å². The van der Waals surface area contributed by atoms with Gasteiger partial charge in [-0.2, -0.15) is 0 Å². The lowest BCUT2D eigenvalue weighted by Crippen LogP contribution is -2.27. The molecule has 1 nitrogen and oxygen atoms in total. The van der Waals surface area contributed by atoms with Crippen molar-refractivity contribution >= 4 is 0 Å². The molecule has 2 atom stereocenters. The highest BCUT2D eigenvalue weighted by Crippen LogP contribution is 2.46. The van der Waals surface area contributed by atoms with Crippen LogP contribution < -0.4 is 5.73 Å². The van der Waals surface area contributed by atoms with Crippen LogP contribution in [0.1, 0.15) is 31.7 Å². The molecule has 0 spiro atoms. The van der Waals surface area contributed by atoms with E-state index >= 15 is 0 Å². The molecule has 82 valence electrons. The molecule has 0 radical (unpaired) electrons. The van der Waals surface area contributed by atoms with Gasteiger partial charge in [-0.05, 0) is 42.9 Å². The van der Waals surface area contributed by atoms with Gasteiger partial charge in [-0.25, -0.2) is 4.39 Å². The zero-order chi connectivity index (χ0) is 10.9. The van der Waals surface area contributed by atoms with Crippen LogP contribution in [0.5, 0.6) is 0 Å². The highest BCUT2D eigenvalue weighted by Gasteiger charge is 2.49. The van der Waals surface area contributed by atoms with Gasteiger partial charge in [0, 0.05) is 5.54 Å². The van der Waals surface area contributed by atoms with E-state index in [1.807, 2.05) is 6.07 Å². The maximum Gasteiger partial charge on any atom is 0.123 e. The largest absolute Gasteiger partial charge is 0.325 e. The average Bonchev–Trinajstić information content (AvgIpc) is 2.76. The Morgan fingerprint density at radius 2 is 2.33 bits per heavy atom. The van der Waals surface area contributed by atoms with E-state index in [4.69, 9.17) is 5.73 Å². The summed E-state index contributed by atoms with van der Waals surface area (Å²) in [5.41, 5.74) is 7.21. The van der Waals surface area contributed by atoms with Gasteiger partial charge in [0.15, 0.2) is 0 Å². The molecule has 0 aliphatic heterocycles. The third-order valence-corrected chi connectivity index (χ3v) is 3.34. The standard InChI is InChI=1S/C13H18FN/c1-2-4-11-9-13(11,15)8-10-5-3-6-12(14)7-10/h3,5-7,11H,2,4,8-9,15H2,1H3. The third kappa shape index (κ3) is 2.37. The summed E-state index contributed by atoms with van der Waals surface area (Å²) in [5, 5.41) is 0. The van der Waals surface area contributed by atoms with Crippen LogP contribution in [0, 0.1) is 11.7 Å². The molecule has 1 aromatic carbocycles. The van der Waals surface area contributed by atoms with E-state index in [0.717, 1.165) is 18.4 Å². The van der Waals surface area contributed by atoms with Crippen LogP contribution >= 0.6 is 0 Å². The fraction of sp³-hybridized carbons (Fsp3) is 0.538. The predicted molar refractivity (Wildman–Crippen MR) is 60.0 cm³/mol. The summed E-state index contributed by atoms with van der Waals surface area (Å²) >= 11 is 0. The van der Waals surface area contributed by atoms with Crippen LogP contribution in [0.25, 0.3) is 0 Å². The first-order chi connectivity index (χ1) is 7.14. The molecule has 2 heteroatoms. The first kappa shape index (κ1) is 10.6. The second kappa shape index (κ2) is 3.93. The monoisotopic (exact) mass is 207 g/mol. The molecule has 1 aromatic rings. The van der Waals surface area contributed by atoms with Gasteiger partial charge in [-0.3, -0.25) is 0 Å². The summed E-state index contributed by atoms with van der Waals surface area (Å²) in [6.45, 7) is 2.18. The van der Waals surface area contributed by atoms with Gasteiger partial charge in [0.2, 0.25) is 0 Å². The Morgan fingerprint density at radius 1 is 1.53 bits per heavy atom. The summed E-state index contributed by atoms with van der Waals surface area (Å²) in [6, 6.07) is 6.78. The van der Waals surface area contributed by atoms with Gasteiger partial charge >= 0.3 is 0 Å². The van der Waals surface area contributed by atoms with Crippen LogP contribution in [-0.2, 0) is 6.42 Å². The smallest absolute Gasteiger partial charge is 0.123 e. The molecule has 0 saturated heterocycles. The van der Waals surface area contributed by atoms with Crippen LogP contribution in [0.2, 0.25) is 0 Å². The number of benzene rings is 1. The summed E-state index contributed by atoms with van der Waals surface area (Å²) in [5.74, 6) is 0.481. The Balaban J connectivity index is 1.98. The van der Waals surface area contributed by atoms with Crippen molar-refractivity contribution in [2.45, 2.75) is 38.1 Å². The number of nitrogens with two attached hydrogens (primary N) is 1. The quantitative estimate of drug-likeness (QED) is 0.807. The van der Waals surface area contributed by atoms with E-state index in [-0.39, 0.29) is 11.4 Å². The van der Waals surface area contributed by atoms with E-state index in [1.165, 1.54) is 18.9 Å². The second-order valence-corrected chi connectivity index (χ2v) is 4.73. The fourth-order valence-electron chi connectivity index (χ4n) is 2.38. The van der Waals surface area contributed by atoms with Crippen molar-refractivity contribution in [3.8, 4) is 0 Å². The third-order valence-electron chi connectivity index (χ3n) is 3.34. The summed E-state index contributed by atoms with van der Waals surface area (Å²) < 4.78 is 13.0. The highest BCUT2D eigenvalue weighted by atomic mass is 19.1. The molecule has 0 amide bonds. The molecule has 1 aliphatic carbocycles. The Hall–Kier alpha value is -0.890. The first-order valence-electron chi connectivity index (χ1n) is 5.67. The molecule has 0 heterocycles. The molecule has 15 heavy (non-hydrogen) atoms. The van der Waals surface area contributed by atoms with E-state index in [0.29, 0.717) is 5.92 Å². The Kier molecular flexibility index (Phi) is 2.79. The molecular weight excluding hydrogens is 189 g/mol. The van der Waals surface area contributed by atoms with Crippen molar-refractivity contribution in [2.24, 2.45) is 11.7 Å². The fourth-order valence-corrected chi connectivity index (χ4v) is 2.38. The molecular formula is C13H18FN. The SMILES string of the molecule is CCCC1CC1(N)Cc1cccc(F)c1. The minimum atomic E-state index is -0.163. The highest BCUT2D eigenvalue weighted by molar-refractivity contribution is 5.23. The summed E-state index contributed by atoms with van der Waals surface area (Å²) in [7, 11) is 0. The van der Waals surface area contributed by atoms with Gasteiger partial charge in [-0.15, -0.1) is 0 Å². The van der Waals surface area contributed by atoms with E-state index in [1.54, 1.807) is 12.1 Å². The Labute approximate surface area is 90.5 Å². The van der Waals surface area contributed by atoms with Crippen LogP contribution in [-0.4, -0.2) is 5.54 Å². The van der Waals surface area contributed by atoms with Crippen molar-refractivity contribution in [2.75, 3.05) is 0 Å². The molecule has 1 aliphatic rings. The van der Waals surface area contributed by atoms with Crippen LogP contribution in [0.3, 0.4) is 0 Å². The maximum atomic E-state index is 13.0. The molecule has 2 N–H and O–H groups in total. The first-order valence-corrected chi connectivity index (χ1v) is 5.67. The zero-order valence-electron chi connectivity index (χ0n) is 9.17. The summed E-state index contributed by atoms with van der Waals surface area (Å²) in [6.07, 6.45) is 4.30. The van der Waals surface area contributed by atoms with E-state index < -0.39 is 0 Å². The number of halogens is 1. The molecule has 2 unspecified atom stereocenters. The van der Waals surface area contributed by atoms with Gasteiger partial charge in [0.1, 0.15) is 5.82 Å². The molecule has 1 fully saturated rings. The lowest BCUT2D eigenvalue weighted by molar-refractivity contribution is 0.553. The van der Waals surface area contributed by atoms with Crippen molar-refractivity contribution in [3.05, 3.63) is 35.6 Å². The van der Waals surface area contributed by atoms with Gasteiger partial charge in [0.25, 0.3) is 0 Å². The van der Waals surface area contributed by atoms with Gasteiger partial charge in [-0.1, -0.05) is 25.5 Å². The van der Waals surface area contributed by atoms with Crippen molar-refractivity contribution < 1.29 is 4.39 Å². The predicted octanol–water partition coefficient (Wildman–Crippen LogP) is 2.89. The van der Waals surface area contributed by atoms with Gasteiger partial charge in [0.05, 0.1) is 0 Å². The Morgan fingerprint density at radius 3 is 3.00 bits per heavy atom. The van der Waals surface area contributed by atoms with E-state index in [9.17, 15) is 4.39 Å². The van der Waals surface area contributed by atoms with Gasteiger partial charge < -0.3 is 5.73 Å². The van der Waals surface area contributed by atoms with Crippen molar-refractivity contribution in [3.63, 3.8) is 0 Å². The molecule has 2 rings (SSSR count).